The van der Waals surface area contributed by atoms with Crippen LogP contribution in [-0.2, 0) is 0 Å². The largest absolute Gasteiger partial charge is 0.273 e. The van der Waals surface area contributed by atoms with Crippen LogP contribution in [0.3, 0.4) is 0 Å². The molecule has 1 heterocycles. The number of hydrogen-bond donors (Lipinski definition) is 0. The highest BCUT2D eigenvalue weighted by Crippen LogP contribution is 2.34. The Kier molecular flexibility index (Phi) is 4.26. The van der Waals surface area contributed by atoms with Crippen molar-refractivity contribution in [2.75, 3.05) is 0 Å². The van der Waals surface area contributed by atoms with Crippen LogP contribution in [0.2, 0.25) is 0 Å². The van der Waals surface area contributed by atoms with E-state index in [-0.39, 0.29) is 15.4 Å². The Hall–Kier alpha value is -1.34. The van der Waals surface area contributed by atoms with Crippen LogP contribution in [0.4, 0.5) is 5.69 Å². The number of aromatic nitrogens is 2. The van der Waals surface area contributed by atoms with Crippen LogP contribution >= 0.6 is 27.3 Å². The second kappa shape index (κ2) is 5.75. The third-order valence-electron chi connectivity index (χ3n) is 2.72. The van der Waals surface area contributed by atoms with Crippen LogP contribution in [0.25, 0.3) is 10.6 Å². The van der Waals surface area contributed by atoms with Gasteiger partial charge in [0.15, 0.2) is 0 Å². The topological polar surface area (TPSA) is 68.9 Å². The average molecular weight is 342 g/mol. The van der Waals surface area contributed by atoms with E-state index in [2.05, 4.69) is 33.1 Å². The van der Waals surface area contributed by atoms with Crippen LogP contribution < -0.4 is 0 Å². The van der Waals surface area contributed by atoms with Gasteiger partial charge in [-0.2, -0.15) is 0 Å². The zero-order valence-corrected chi connectivity index (χ0v) is 12.9. The summed E-state index contributed by atoms with van der Waals surface area (Å²) in [6, 6.07) is 5.12. The molecule has 100 valence electrons. The van der Waals surface area contributed by atoms with Gasteiger partial charge < -0.3 is 0 Å². The molecule has 0 amide bonds. The highest BCUT2D eigenvalue weighted by molar-refractivity contribution is 9.09. The summed E-state index contributed by atoms with van der Waals surface area (Å²) in [7, 11) is 0. The predicted octanol–water partition coefficient (Wildman–Crippen LogP) is 4.27. The summed E-state index contributed by atoms with van der Waals surface area (Å²) < 4.78 is 0. The van der Waals surface area contributed by atoms with Gasteiger partial charge in [0.2, 0.25) is 0 Å². The van der Waals surface area contributed by atoms with Gasteiger partial charge in [0.1, 0.15) is 10.0 Å². The number of nitrogens with zero attached hydrogens (tertiary/aromatic N) is 3. The first-order valence-corrected chi connectivity index (χ1v) is 7.49. The summed E-state index contributed by atoms with van der Waals surface area (Å²) >= 11 is 4.97. The number of nitro benzene ring substituents is 1. The maximum atomic E-state index is 10.9. The molecule has 0 saturated carbocycles. The average Bonchev–Trinajstić information content (AvgIpc) is 2.87. The van der Waals surface area contributed by atoms with Gasteiger partial charge in [0, 0.05) is 17.2 Å². The Morgan fingerprint density at radius 3 is 2.84 bits per heavy atom. The van der Waals surface area contributed by atoms with Crippen LogP contribution in [0.1, 0.15) is 28.7 Å². The van der Waals surface area contributed by atoms with Crippen LogP contribution in [0.5, 0.6) is 0 Å². The van der Waals surface area contributed by atoms with Crippen molar-refractivity contribution in [2.24, 2.45) is 0 Å². The Bertz CT molecular complexity index is 615. The molecule has 1 aromatic carbocycles. The molecule has 0 fully saturated rings. The van der Waals surface area contributed by atoms with Crippen molar-refractivity contribution in [2.45, 2.75) is 25.1 Å². The third kappa shape index (κ3) is 2.98. The van der Waals surface area contributed by atoms with Crippen molar-refractivity contribution < 1.29 is 4.92 Å². The third-order valence-corrected chi connectivity index (χ3v) is 5.19. The minimum Gasteiger partial charge on any atom is -0.258 e. The zero-order chi connectivity index (χ0) is 14.0. The standard InChI is InChI=1S/C12H12BrN3O2S/c1-3-9(13)12-15-14-11(19-12)8-5-4-7(2)10(6-8)16(17)18/h4-6,9H,3H2,1-2H3. The lowest BCUT2D eigenvalue weighted by molar-refractivity contribution is -0.385. The highest BCUT2D eigenvalue weighted by atomic mass is 79.9. The molecule has 2 rings (SSSR count). The van der Waals surface area contributed by atoms with Crippen LogP contribution in [-0.4, -0.2) is 15.1 Å². The SMILES string of the molecule is CCC(Br)c1nnc(-c2ccc(C)c([N+](=O)[O-])c2)s1. The molecule has 0 aliphatic rings. The van der Waals surface area contributed by atoms with Crippen LogP contribution in [0, 0.1) is 17.0 Å². The second-order valence-electron chi connectivity index (χ2n) is 4.08. The van der Waals surface area contributed by atoms with Gasteiger partial charge in [-0.05, 0) is 13.3 Å². The monoisotopic (exact) mass is 341 g/mol. The molecular formula is C12H12BrN3O2S. The van der Waals surface area contributed by atoms with E-state index in [0.29, 0.717) is 10.6 Å². The molecule has 7 heteroatoms. The van der Waals surface area contributed by atoms with Crippen molar-refractivity contribution in [1.82, 2.24) is 10.2 Å². The number of hydrogen-bond acceptors (Lipinski definition) is 5. The Morgan fingerprint density at radius 2 is 2.21 bits per heavy atom. The molecule has 1 aromatic heterocycles. The molecule has 0 N–H and O–H groups in total. The lowest BCUT2D eigenvalue weighted by atomic mass is 10.1. The minimum atomic E-state index is -0.375. The fourth-order valence-electron chi connectivity index (χ4n) is 1.59. The van der Waals surface area contributed by atoms with Crippen LogP contribution in [0.15, 0.2) is 18.2 Å². The summed E-state index contributed by atoms with van der Waals surface area (Å²) in [5.41, 5.74) is 1.49. The molecule has 0 bridgehead atoms. The normalized spacial score (nSPS) is 12.4. The molecule has 0 aliphatic carbocycles. The first-order chi connectivity index (χ1) is 9.02. The number of rotatable bonds is 4. The Morgan fingerprint density at radius 1 is 1.47 bits per heavy atom. The van der Waals surface area contributed by atoms with Gasteiger partial charge in [-0.25, -0.2) is 0 Å². The van der Waals surface area contributed by atoms with Gasteiger partial charge >= 0.3 is 0 Å². The first-order valence-electron chi connectivity index (χ1n) is 5.75. The summed E-state index contributed by atoms with van der Waals surface area (Å²) in [4.78, 5) is 10.7. The Balaban J connectivity index is 2.39. The maximum Gasteiger partial charge on any atom is 0.273 e. The first kappa shape index (κ1) is 14.1. The molecular weight excluding hydrogens is 330 g/mol. The van der Waals surface area contributed by atoms with Crippen molar-refractivity contribution in [3.05, 3.63) is 38.9 Å². The fraction of sp³-hybridized carbons (Fsp3) is 0.333. The molecule has 2 aromatic rings. The van der Waals surface area contributed by atoms with Crippen molar-refractivity contribution in [3.63, 3.8) is 0 Å². The molecule has 0 radical (unpaired) electrons. The van der Waals surface area contributed by atoms with E-state index in [9.17, 15) is 10.1 Å². The number of halogens is 1. The lowest BCUT2D eigenvalue weighted by Crippen LogP contribution is -1.91. The van der Waals surface area contributed by atoms with Crippen molar-refractivity contribution in [3.8, 4) is 10.6 Å². The molecule has 0 aliphatic heterocycles. The van der Waals surface area contributed by atoms with E-state index < -0.39 is 0 Å². The van der Waals surface area contributed by atoms with Crippen molar-refractivity contribution in [1.29, 1.82) is 0 Å². The van der Waals surface area contributed by atoms with Crippen molar-refractivity contribution >= 4 is 33.0 Å². The number of nitro groups is 1. The fourth-order valence-corrected chi connectivity index (χ4v) is 2.86. The quantitative estimate of drug-likeness (QED) is 0.473. The van der Waals surface area contributed by atoms with E-state index >= 15 is 0 Å². The molecule has 1 unspecified atom stereocenters. The van der Waals surface area contributed by atoms with E-state index in [1.807, 2.05) is 6.07 Å². The lowest BCUT2D eigenvalue weighted by Gasteiger charge is -2.00. The van der Waals surface area contributed by atoms with Gasteiger partial charge in [-0.1, -0.05) is 46.3 Å². The summed E-state index contributed by atoms with van der Waals surface area (Å²) in [6.45, 7) is 3.77. The molecule has 5 nitrogen and oxygen atoms in total. The zero-order valence-electron chi connectivity index (χ0n) is 10.5. The second-order valence-corrected chi connectivity index (χ2v) is 6.19. The van der Waals surface area contributed by atoms with E-state index in [0.717, 1.165) is 17.0 Å². The molecule has 1 atom stereocenters. The summed E-state index contributed by atoms with van der Waals surface area (Å²) in [6.07, 6.45) is 0.919. The number of alkyl halides is 1. The van der Waals surface area contributed by atoms with Gasteiger partial charge in [0.25, 0.3) is 5.69 Å². The molecule has 0 spiro atoms. The smallest absolute Gasteiger partial charge is 0.258 e. The maximum absolute atomic E-state index is 10.9. The highest BCUT2D eigenvalue weighted by Gasteiger charge is 2.16. The minimum absolute atomic E-state index is 0.111. The molecule has 0 saturated heterocycles. The number of aryl methyl sites for hydroxylation is 1. The molecule has 19 heavy (non-hydrogen) atoms. The Labute approximate surface area is 123 Å². The van der Waals surface area contributed by atoms with E-state index in [4.69, 9.17) is 0 Å². The number of benzene rings is 1. The summed E-state index contributed by atoms with van der Waals surface area (Å²) in [5, 5.41) is 20.7. The van der Waals surface area contributed by atoms with E-state index in [1.165, 1.54) is 11.3 Å². The predicted molar refractivity (Wildman–Crippen MR) is 78.7 cm³/mol. The van der Waals surface area contributed by atoms with E-state index in [1.54, 1.807) is 19.1 Å². The van der Waals surface area contributed by atoms with Gasteiger partial charge in [0.05, 0.1) is 9.75 Å². The van der Waals surface area contributed by atoms with Gasteiger partial charge in [-0.3, -0.25) is 10.1 Å². The summed E-state index contributed by atoms with van der Waals surface area (Å²) in [5.74, 6) is 0. The van der Waals surface area contributed by atoms with Gasteiger partial charge in [-0.15, -0.1) is 10.2 Å².